The van der Waals surface area contributed by atoms with Crippen molar-refractivity contribution in [3.05, 3.63) is 71.8 Å². The Morgan fingerprint density at radius 1 is 1.00 bits per heavy atom. The molecule has 0 saturated carbocycles. The van der Waals surface area contributed by atoms with Crippen LogP contribution in [0.4, 0.5) is 5.69 Å². The van der Waals surface area contributed by atoms with Gasteiger partial charge in [-0.25, -0.2) is 0 Å². The smallest absolute Gasteiger partial charge is 0.0986 e. The van der Waals surface area contributed by atoms with Crippen molar-refractivity contribution in [2.75, 3.05) is 5.32 Å². The Morgan fingerprint density at radius 3 is 2.61 bits per heavy atom. The molecule has 2 radical (unpaired) electrons. The predicted molar refractivity (Wildman–Crippen MR) is 71.9 cm³/mol. The van der Waals surface area contributed by atoms with Gasteiger partial charge in [-0.3, -0.25) is 4.90 Å². The number of fused-ring (bicyclic) bond motifs is 2. The highest BCUT2D eigenvalue weighted by Gasteiger charge is 2.30. The third-order valence-corrected chi connectivity index (χ3v) is 3.75. The number of hydrogen-bond acceptors (Lipinski definition) is 2. The van der Waals surface area contributed by atoms with Crippen molar-refractivity contribution in [3.63, 3.8) is 0 Å². The third-order valence-electron chi connectivity index (χ3n) is 3.75. The van der Waals surface area contributed by atoms with Gasteiger partial charge in [0.15, 0.2) is 0 Å². The van der Waals surface area contributed by atoms with E-state index in [4.69, 9.17) is 0 Å². The summed E-state index contributed by atoms with van der Waals surface area (Å²) in [5.74, 6) is 0. The standard InChI is InChI=1S/C16H14N2/c1-2-7-14-11-18(10-13(14)6-1)16-9-12-5-3-4-8-15(12)17-16/h1-8,16-17H,9-10H2. The molecule has 1 N–H and O–H groups in total. The Kier molecular flexibility index (Phi) is 2.17. The molecule has 2 aliphatic rings. The first-order valence-electron chi connectivity index (χ1n) is 6.36. The molecular weight excluding hydrogens is 220 g/mol. The molecule has 0 saturated heterocycles. The first-order chi connectivity index (χ1) is 8.90. The Labute approximate surface area is 107 Å². The zero-order chi connectivity index (χ0) is 11.9. The van der Waals surface area contributed by atoms with Crippen LogP contribution in [0.1, 0.15) is 16.7 Å². The predicted octanol–water partition coefficient (Wildman–Crippen LogP) is 2.88. The van der Waals surface area contributed by atoms with Gasteiger partial charge in [-0.15, -0.1) is 0 Å². The van der Waals surface area contributed by atoms with E-state index >= 15 is 0 Å². The second-order valence-electron chi connectivity index (χ2n) is 4.92. The first-order valence-corrected chi connectivity index (χ1v) is 6.36. The maximum atomic E-state index is 3.57. The minimum atomic E-state index is 0.342. The van der Waals surface area contributed by atoms with E-state index in [2.05, 4.69) is 65.3 Å². The zero-order valence-corrected chi connectivity index (χ0v) is 10.1. The van der Waals surface area contributed by atoms with Crippen molar-refractivity contribution in [2.24, 2.45) is 0 Å². The van der Waals surface area contributed by atoms with Gasteiger partial charge in [0, 0.05) is 18.7 Å². The number of benzene rings is 2. The topological polar surface area (TPSA) is 15.3 Å². The molecule has 2 aromatic carbocycles. The Morgan fingerprint density at radius 2 is 1.78 bits per heavy atom. The molecule has 0 spiro atoms. The van der Waals surface area contributed by atoms with Gasteiger partial charge in [-0.2, -0.15) is 0 Å². The molecule has 2 heteroatoms. The molecule has 1 atom stereocenters. The van der Waals surface area contributed by atoms with Gasteiger partial charge in [0.05, 0.1) is 12.7 Å². The highest BCUT2D eigenvalue weighted by Crippen LogP contribution is 2.32. The van der Waals surface area contributed by atoms with Crippen LogP contribution in [-0.4, -0.2) is 11.1 Å². The third kappa shape index (κ3) is 1.53. The lowest BCUT2D eigenvalue weighted by molar-refractivity contribution is 0.291. The monoisotopic (exact) mass is 234 g/mol. The average molecular weight is 234 g/mol. The van der Waals surface area contributed by atoms with Crippen LogP contribution < -0.4 is 5.32 Å². The quantitative estimate of drug-likeness (QED) is 0.816. The van der Waals surface area contributed by atoms with E-state index in [0.717, 1.165) is 13.0 Å². The zero-order valence-electron chi connectivity index (χ0n) is 10.1. The SMILES string of the molecule is [C]1c2ccccc2CN1C1Cc2ccccc2N1. The molecule has 2 heterocycles. The summed E-state index contributed by atoms with van der Waals surface area (Å²) in [7, 11) is 0. The molecule has 0 bridgehead atoms. The lowest BCUT2D eigenvalue weighted by Crippen LogP contribution is -2.34. The molecule has 2 aliphatic heterocycles. The molecule has 0 amide bonds. The molecule has 4 rings (SSSR count). The summed E-state index contributed by atoms with van der Waals surface area (Å²) in [5, 5.41) is 3.57. The maximum Gasteiger partial charge on any atom is 0.0986 e. The molecule has 2 aromatic rings. The number of nitrogens with zero attached hydrogens (tertiary/aromatic N) is 1. The van der Waals surface area contributed by atoms with Gasteiger partial charge in [0.1, 0.15) is 0 Å². The number of hydrogen-bond donors (Lipinski definition) is 1. The summed E-state index contributed by atoms with van der Waals surface area (Å²) in [6.45, 7) is 4.44. The fraction of sp³-hybridized carbons (Fsp3) is 0.188. The lowest BCUT2D eigenvalue weighted by Gasteiger charge is -2.22. The molecule has 0 aliphatic carbocycles. The summed E-state index contributed by atoms with van der Waals surface area (Å²) >= 11 is 0. The van der Waals surface area contributed by atoms with E-state index in [1.54, 1.807) is 0 Å². The van der Waals surface area contributed by atoms with Gasteiger partial charge in [-0.1, -0.05) is 42.5 Å². The van der Waals surface area contributed by atoms with Crippen LogP contribution in [0.25, 0.3) is 0 Å². The van der Waals surface area contributed by atoms with Crippen LogP contribution in [0.15, 0.2) is 48.5 Å². The maximum absolute atomic E-state index is 3.57. The fourth-order valence-electron chi connectivity index (χ4n) is 2.80. The van der Waals surface area contributed by atoms with Gasteiger partial charge in [0.2, 0.25) is 0 Å². The molecule has 88 valence electrons. The van der Waals surface area contributed by atoms with E-state index in [9.17, 15) is 0 Å². The minimum absolute atomic E-state index is 0.342. The van der Waals surface area contributed by atoms with Crippen LogP contribution in [0.3, 0.4) is 0 Å². The van der Waals surface area contributed by atoms with Crippen molar-refractivity contribution in [1.82, 2.24) is 4.90 Å². The Bertz CT molecular complexity index is 488. The van der Waals surface area contributed by atoms with E-state index in [0.29, 0.717) is 6.17 Å². The van der Waals surface area contributed by atoms with Gasteiger partial charge < -0.3 is 5.32 Å². The Balaban J connectivity index is 1.56. The normalized spacial score (nSPS) is 21.4. The summed E-state index contributed by atoms with van der Waals surface area (Å²) < 4.78 is 0. The fourth-order valence-corrected chi connectivity index (χ4v) is 2.80. The molecular formula is C16H14N2. The van der Waals surface area contributed by atoms with Crippen LogP contribution in [0.5, 0.6) is 0 Å². The molecule has 0 fully saturated rings. The van der Waals surface area contributed by atoms with Crippen molar-refractivity contribution in [1.29, 1.82) is 0 Å². The van der Waals surface area contributed by atoms with E-state index < -0.39 is 0 Å². The van der Waals surface area contributed by atoms with Crippen molar-refractivity contribution < 1.29 is 0 Å². The first kappa shape index (κ1) is 10.2. The lowest BCUT2D eigenvalue weighted by atomic mass is 10.1. The second-order valence-corrected chi connectivity index (χ2v) is 4.92. The summed E-state index contributed by atoms with van der Waals surface area (Å²) in [4.78, 5) is 2.28. The largest absolute Gasteiger partial charge is 0.369 e. The van der Waals surface area contributed by atoms with E-state index in [1.165, 1.54) is 22.4 Å². The number of para-hydroxylation sites is 1. The number of rotatable bonds is 1. The minimum Gasteiger partial charge on any atom is -0.369 e. The van der Waals surface area contributed by atoms with Crippen LogP contribution in [0, 0.1) is 6.54 Å². The van der Waals surface area contributed by atoms with Gasteiger partial charge in [-0.05, 0) is 22.8 Å². The Hall–Kier alpha value is -1.80. The van der Waals surface area contributed by atoms with Crippen molar-refractivity contribution in [2.45, 2.75) is 19.1 Å². The summed E-state index contributed by atoms with van der Waals surface area (Å²) in [6, 6.07) is 17.0. The van der Waals surface area contributed by atoms with Gasteiger partial charge in [0.25, 0.3) is 0 Å². The van der Waals surface area contributed by atoms with E-state index in [-0.39, 0.29) is 0 Å². The van der Waals surface area contributed by atoms with Crippen molar-refractivity contribution in [3.8, 4) is 0 Å². The average Bonchev–Trinajstić information content (AvgIpc) is 3.02. The number of anilines is 1. The summed E-state index contributed by atoms with van der Waals surface area (Å²) in [6.07, 6.45) is 1.40. The highest BCUT2D eigenvalue weighted by molar-refractivity contribution is 5.56. The van der Waals surface area contributed by atoms with E-state index in [1.807, 2.05) is 0 Å². The molecule has 1 unspecified atom stereocenters. The van der Waals surface area contributed by atoms with Crippen LogP contribution in [0.2, 0.25) is 0 Å². The van der Waals surface area contributed by atoms with Crippen LogP contribution >= 0.6 is 0 Å². The second kappa shape index (κ2) is 3.85. The molecule has 2 nitrogen and oxygen atoms in total. The highest BCUT2D eigenvalue weighted by atomic mass is 15.3. The number of nitrogens with one attached hydrogen (secondary N) is 1. The molecule has 18 heavy (non-hydrogen) atoms. The van der Waals surface area contributed by atoms with Crippen molar-refractivity contribution >= 4 is 5.69 Å². The molecule has 0 aromatic heterocycles. The summed E-state index contributed by atoms with van der Waals surface area (Å²) in [5.41, 5.74) is 5.27. The van der Waals surface area contributed by atoms with Crippen LogP contribution in [-0.2, 0) is 13.0 Å². The van der Waals surface area contributed by atoms with Gasteiger partial charge >= 0.3 is 0 Å².